The van der Waals surface area contributed by atoms with Crippen LogP contribution in [-0.2, 0) is 28.8 Å². The molecule has 1 aliphatic rings. The van der Waals surface area contributed by atoms with Gasteiger partial charge in [0.1, 0.15) is 0 Å². The van der Waals surface area contributed by atoms with E-state index in [4.69, 9.17) is 4.74 Å². The molecule has 2 amide bonds. The normalized spacial score (nSPS) is 13.3. The van der Waals surface area contributed by atoms with Gasteiger partial charge in [0.2, 0.25) is 0 Å². The molecule has 1 aromatic heterocycles. The van der Waals surface area contributed by atoms with Gasteiger partial charge >= 0.3 is 12.0 Å². The van der Waals surface area contributed by atoms with Crippen molar-refractivity contribution in [3.05, 3.63) is 71.0 Å². The number of amides is 2. The topological polar surface area (TPSA) is 74.4 Å². The third-order valence-electron chi connectivity index (χ3n) is 5.96. The van der Waals surface area contributed by atoms with Crippen molar-refractivity contribution in [1.82, 2.24) is 9.88 Å². The van der Waals surface area contributed by atoms with Crippen LogP contribution in [0.2, 0.25) is 0 Å². The summed E-state index contributed by atoms with van der Waals surface area (Å²) in [4.78, 5) is 31.1. The van der Waals surface area contributed by atoms with E-state index in [9.17, 15) is 9.59 Å². The van der Waals surface area contributed by atoms with Gasteiger partial charge in [-0.25, -0.2) is 9.59 Å². The molecular formula is C26H29N3O3. The lowest BCUT2D eigenvalue weighted by molar-refractivity contribution is -0.136. The highest BCUT2D eigenvalue weighted by Gasteiger charge is 2.27. The lowest BCUT2D eigenvalue weighted by atomic mass is 10.0. The highest BCUT2D eigenvalue weighted by Crippen LogP contribution is 2.32. The van der Waals surface area contributed by atoms with Gasteiger partial charge in [0.15, 0.2) is 0 Å². The molecule has 3 aromatic rings. The molecule has 0 bridgehead atoms. The molecule has 0 atom stereocenters. The van der Waals surface area contributed by atoms with Gasteiger partial charge in [-0.3, -0.25) is 4.90 Å². The lowest BCUT2D eigenvalue weighted by Crippen LogP contribution is -2.32. The molecule has 2 aromatic carbocycles. The number of esters is 1. The maximum absolute atomic E-state index is 13.3. The number of anilines is 1. The van der Waals surface area contributed by atoms with Gasteiger partial charge in [0.05, 0.1) is 17.9 Å². The average Bonchev–Trinajstić information content (AvgIpc) is 3.06. The average molecular weight is 432 g/mol. The summed E-state index contributed by atoms with van der Waals surface area (Å²) in [7, 11) is 0. The Morgan fingerprint density at radius 2 is 1.75 bits per heavy atom. The van der Waals surface area contributed by atoms with Crippen molar-refractivity contribution in [2.45, 2.75) is 40.0 Å². The second kappa shape index (κ2) is 9.30. The number of benzene rings is 2. The quantitative estimate of drug-likeness (QED) is 0.539. The van der Waals surface area contributed by atoms with Crippen molar-refractivity contribution in [2.75, 3.05) is 18.5 Å². The zero-order chi connectivity index (χ0) is 22.7. The SMILES string of the molecule is CCOC(=O)C1=CN(C(=O)Nc2c(CC)cccc2CC)CCc2c1[nH]c1ccccc21. The van der Waals surface area contributed by atoms with Crippen LogP contribution >= 0.6 is 0 Å². The molecule has 0 saturated carbocycles. The summed E-state index contributed by atoms with van der Waals surface area (Å²) in [5.74, 6) is -0.441. The van der Waals surface area contributed by atoms with Crippen molar-refractivity contribution < 1.29 is 14.3 Å². The Bertz CT molecular complexity index is 1170. The molecule has 6 heteroatoms. The zero-order valence-corrected chi connectivity index (χ0v) is 18.8. The number of aromatic nitrogens is 1. The number of hydrogen-bond acceptors (Lipinski definition) is 3. The van der Waals surface area contributed by atoms with Gasteiger partial charge < -0.3 is 15.0 Å². The molecule has 1 aliphatic heterocycles. The molecule has 0 spiro atoms. The molecular weight excluding hydrogens is 402 g/mol. The van der Waals surface area contributed by atoms with Crippen LogP contribution in [0.15, 0.2) is 48.7 Å². The second-order valence-corrected chi connectivity index (χ2v) is 7.82. The minimum Gasteiger partial charge on any atom is -0.462 e. The molecule has 0 saturated heterocycles. The van der Waals surface area contributed by atoms with Crippen LogP contribution in [0.1, 0.15) is 43.2 Å². The molecule has 0 aliphatic carbocycles. The Morgan fingerprint density at radius 1 is 1.03 bits per heavy atom. The molecule has 0 radical (unpaired) electrons. The van der Waals surface area contributed by atoms with Crippen LogP contribution in [0.25, 0.3) is 16.5 Å². The van der Waals surface area contributed by atoms with Crippen molar-refractivity contribution in [3.8, 4) is 0 Å². The summed E-state index contributed by atoms with van der Waals surface area (Å²) < 4.78 is 5.32. The lowest BCUT2D eigenvalue weighted by Gasteiger charge is -2.21. The first kappa shape index (κ1) is 21.7. The number of carbonyl (C=O) groups excluding carboxylic acids is 2. The number of fused-ring (bicyclic) bond motifs is 3. The number of urea groups is 1. The highest BCUT2D eigenvalue weighted by atomic mass is 16.5. The van der Waals surface area contributed by atoms with Gasteiger partial charge in [0, 0.05) is 29.3 Å². The standard InChI is InChI=1S/C26H29N3O3/c1-4-17-10-9-11-18(5-2)23(17)28-26(31)29-15-14-20-19-12-7-8-13-22(19)27-24(20)21(16-29)25(30)32-6-3/h7-13,16,27H,4-6,14-15H2,1-3H3,(H,28,31). The third kappa shape index (κ3) is 4.00. The Morgan fingerprint density at radius 3 is 2.44 bits per heavy atom. The van der Waals surface area contributed by atoms with E-state index in [0.29, 0.717) is 18.5 Å². The number of para-hydroxylation sites is 2. The van der Waals surface area contributed by atoms with Gasteiger partial charge in [-0.1, -0.05) is 50.2 Å². The van der Waals surface area contributed by atoms with Crippen LogP contribution in [0.3, 0.4) is 0 Å². The number of hydrogen-bond donors (Lipinski definition) is 2. The van der Waals surface area contributed by atoms with E-state index >= 15 is 0 Å². The fourth-order valence-corrected chi connectivity index (χ4v) is 4.31. The molecule has 166 valence electrons. The van der Waals surface area contributed by atoms with Crippen LogP contribution in [-0.4, -0.2) is 35.0 Å². The Balaban J connectivity index is 1.72. The van der Waals surface area contributed by atoms with E-state index in [1.54, 1.807) is 18.0 Å². The van der Waals surface area contributed by atoms with Crippen molar-refractivity contribution >= 4 is 34.2 Å². The number of ether oxygens (including phenoxy) is 1. The van der Waals surface area contributed by atoms with Crippen molar-refractivity contribution in [2.24, 2.45) is 0 Å². The summed E-state index contributed by atoms with van der Waals surface area (Å²) in [6.45, 7) is 6.65. The third-order valence-corrected chi connectivity index (χ3v) is 5.96. The van der Waals surface area contributed by atoms with E-state index in [1.807, 2.05) is 42.5 Å². The largest absolute Gasteiger partial charge is 0.462 e. The van der Waals surface area contributed by atoms with E-state index in [0.717, 1.165) is 51.8 Å². The molecule has 6 nitrogen and oxygen atoms in total. The van der Waals surface area contributed by atoms with Crippen LogP contribution in [0.5, 0.6) is 0 Å². The summed E-state index contributed by atoms with van der Waals surface area (Å²) in [6.07, 6.45) is 3.89. The minimum atomic E-state index is -0.441. The first-order valence-electron chi connectivity index (χ1n) is 11.2. The predicted molar refractivity (Wildman–Crippen MR) is 128 cm³/mol. The molecule has 0 unspecified atom stereocenters. The van der Waals surface area contributed by atoms with Crippen LogP contribution < -0.4 is 5.32 Å². The smallest absolute Gasteiger partial charge is 0.341 e. The van der Waals surface area contributed by atoms with E-state index in [1.165, 1.54) is 0 Å². The maximum Gasteiger partial charge on any atom is 0.341 e. The number of H-pyrrole nitrogens is 1. The van der Waals surface area contributed by atoms with Crippen molar-refractivity contribution in [1.29, 1.82) is 0 Å². The first-order chi connectivity index (χ1) is 15.6. The van der Waals surface area contributed by atoms with Gasteiger partial charge in [-0.05, 0) is 48.9 Å². The summed E-state index contributed by atoms with van der Waals surface area (Å²) in [5.41, 5.74) is 6.14. The zero-order valence-electron chi connectivity index (χ0n) is 18.8. The van der Waals surface area contributed by atoms with Gasteiger partial charge in [0.25, 0.3) is 0 Å². The molecule has 0 fully saturated rings. The monoisotopic (exact) mass is 431 g/mol. The Hall–Kier alpha value is -3.54. The summed E-state index contributed by atoms with van der Waals surface area (Å²) >= 11 is 0. The number of aromatic amines is 1. The second-order valence-electron chi connectivity index (χ2n) is 7.82. The van der Waals surface area contributed by atoms with E-state index in [-0.39, 0.29) is 12.6 Å². The summed E-state index contributed by atoms with van der Waals surface area (Å²) in [6, 6.07) is 13.8. The van der Waals surface area contributed by atoms with Crippen LogP contribution in [0.4, 0.5) is 10.5 Å². The van der Waals surface area contributed by atoms with E-state index in [2.05, 4.69) is 24.1 Å². The first-order valence-corrected chi connectivity index (χ1v) is 11.2. The highest BCUT2D eigenvalue weighted by molar-refractivity contribution is 6.18. The number of carbonyl (C=O) groups is 2. The predicted octanol–water partition coefficient (Wildman–Crippen LogP) is 5.29. The minimum absolute atomic E-state index is 0.253. The fourth-order valence-electron chi connectivity index (χ4n) is 4.31. The number of rotatable bonds is 5. The van der Waals surface area contributed by atoms with E-state index < -0.39 is 5.97 Å². The van der Waals surface area contributed by atoms with Crippen molar-refractivity contribution in [3.63, 3.8) is 0 Å². The number of nitrogens with one attached hydrogen (secondary N) is 2. The number of aryl methyl sites for hydroxylation is 2. The van der Waals surface area contributed by atoms with Crippen LogP contribution in [0, 0.1) is 0 Å². The fraction of sp³-hybridized carbons (Fsp3) is 0.308. The molecule has 2 N–H and O–H groups in total. The van der Waals surface area contributed by atoms with Gasteiger partial charge in [-0.2, -0.15) is 0 Å². The Kier molecular flexibility index (Phi) is 6.30. The summed E-state index contributed by atoms with van der Waals surface area (Å²) in [5, 5.41) is 4.17. The van der Waals surface area contributed by atoms with Gasteiger partial charge in [-0.15, -0.1) is 0 Å². The Labute approximate surface area is 188 Å². The molecule has 2 heterocycles. The maximum atomic E-state index is 13.3. The molecule has 32 heavy (non-hydrogen) atoms. The number of nitrogens with zero attached hydrogens (tertiary/aromatic N) is 1. The molecule has 4 rings (SSSR count).